The second kappa shape index (κ2) is 4.43. The van der Waals surface area contributed by atoms with Gasteiger partial charge < -0.3 is 9.88 Å². The lowest BCUT2D eigenvalue weighted by atomic mass is 9.94. The van der Waals surface area contributed by atoms with Crippen LogP contribution >= 0.6 is 0 Å². The molecule has 1 saturated heterocycles. The molecule has 0 atom stereocenters. The minimum Gasteiger partial charge on any atom is -0.347 e. The summed E-state index contributed by atoms with van der Waals surface area (Å²) >= 11 is 0. The van der Waals surface area contributed by atoms with Gasteiger partial charge in [0.2, 0.25) is 0 Å². The summed E-state index contributed by atoms with van der Waals surface area (Å²) in [5, 5.41) is 4.85. The van der Waals surface area contributed by atoms with E-state index in [4.69, 9.17) is 0 Å². The number of fused-ring (bicyclic) bond motifs is 1. The SMILES string of the molecule is Cc1ccc2cc(C3CCNCC3)n(C)c2c1C. The van der Waals surface area contributed by atoms with Crippen LogP contribution < -0.4 is 5.32 Å². The predicted octanol–water partition coefficient (Wildman–Crippen LogP) is 3.26. The van der Waals surface area contributed by atoms with E-state index in [-0.39, 0.29) is 0 Å². The summed E-state index contributed by atoms with van der Waals surface area (Å²) in [6.45, 7) is 6.75. The minimum absolute atomic E-state index is 0.725. The molecule has 1 fully saturated rings. The lowest BCUT2D eigenvalue weighted by Gasteiger charge is -2.23. The van der Waals surface area contributed by atoms with Crippen LogP contribution in [0.4, 0.5) is 0 Å². The predicted molar refractivity (Wildman–Crippen MR) is 77.2 cm³/mol. The van der Waals surface area contributed by atoms with Crippen LogP contribution in [-0.4, -0.2) is 17.7 Å². The van der Waals surface area contributed by atoms with E-state index in [2.05, 4.69) is 49.0 Å². The van der Waals surface area contributed by atoms with Crippen molar-refractivity contribution in [3.8, 4) is 0 Å². The number of aryl methyl sites for hydroxylation is 3. The van der Waals surface area contributed by atoms with Crippen molar-refractivity contribution in [1.29, 1.82) is 0 Å². The fourth-order valence-electron chi connectivity index (χ4n) is 3.28. The first-order valence-electron chi connectivity index (χ1n) is 6.94. The van der Waals surface area contributed by atoms with Crippen LogP contribution in [0.15, 0.2) is 18.2 Å². The van der Waals surface area contributed by atoms with E-state index in [0.717, 1.165) is 19.0 Å². The van der Waals surface area contributed by atoms with Crippen molar-refractivity contribution in [2.24, 2.45) is 7.05 Å². The minimum atomic E-state index is 0.725. The molecule has 0 radical (unpaired) electrons. The molecule has 0 aliphatic carbocycles. The molecule has 3 rings (SSSR count). The van der Waals surface area contributed by atoms with Gasteiger partial charge in [-0.3, -0.25) is 0 Å². The van der Waals surface area contributed by atoms with E-state index in [1.54, 1.807) is 0 Å². The molecule has 2 aromatic rings. The summed E-state index contributed by atoms with van der Waals surface area (Å²) in [7, 11) is 2.23. The highest BCUT2D eigenvalue weighted by Gasteiger charge is 2.19. The number of piperidine rings is 1. The Morgan fingerprint density at radius 1 is 1.17 bits per heavy atom. The van der Waals surface area contributed by atoms with Crippen LogP contribution in [0.2, 0.25) is 0 Å². The van der Waals surface area contributed by atoms with Gasteiger partial charge in [0.1, 0.15) is 0 Å². The number of aromatic nitrogens is 1. The van der Waals surface area contributed by atoms with Crippen LogP contribution in [0.25, 0.3) is 10.9 Å². The van der Waals surface area contributed by atoms with Crippen LogP contribution in [0, 0.1) is 13.8 Å². The molecule has 1 N–H and O–H groups in total. The van der Waals surface area contributed by atoms with Gasteiger partial charge in [-0.15, -0.1) is 0 Å². The summed E-state index contributed by atoms with van der Waals surface area (Å²) in [6, 6.07) is 6.91. The maximum Gasteiger partial charge on any atom is 0.0512 e. The second-order valence-corrected chi connectivity index (χ2v) is 5.60. The summed E-state index contributed by atoms with van der Waals surface area (Å²) in [4.78, 5) is 0. The molecule has 2 nitrogen and oxygen atoms in total. The zero-order valence-electron chi connectivity index (χ0n) is 11.6. The van der Waals surface area contributed by atoms with E-state index in [1.807, 2.05) is 0 Å². The highest BCUT2D eigenvalue weighted by Crippen LogP contribution is 2.32. The Morgan fingerprint density at radius 2 is 1.89 bits per heavy atom. The Hall–Kier alpha value is -1.28. The Bertz CT molecular complexity index is 574. The van der Waals surface area contributed by atoms with Gasteiger partial charge >= 0.3 is 0 Å². The standard InChI is InChI=1S/C16H22N2/c1-11-4-5-14-10-15(13-6-8-17-9-7-13)18(3)16(14)12(11)2/h4-5,10,13,17H,6-9H2,1-3H3. The van der Waals surface area contributed by atoms with Crippen molar-refractivity contribution in [3.05, 3.63) is 35.0 Å². The second-order valence-electron chi connectivity index (χ2n) is 5.60. The fourth-order valence-corrected chi connectivity index (χ4v) is 3.28. The van der Waals surface area contributed by atoms with Crippen molar-refractivity contribution in [2.45, 2.75) is 32.6 Å². The normalized spacial score (nSPS) is 17.5. The summed E-state index contributed by atoms with van der Waals surface area (Å²) in [5.41, 5.74) is 5.75. The van der Waals surface area contributed by atoms with Gasteiger partial charge in [-0.2, -0.15) is 0 Å². The maximum absolute atomic E-state index is 3.45. The quantitative estimate of drug-likeness (QED) is 0.812. The van der Waals surface area contributed by atoms with Gasteiger partial charge in [-0.1, -0.05) is 12.1 Å². The van der Waals surface area contributed by atoms with Gasteiger partial charge in [0.05, 0.1) is 5.52 Å². The molecule has 0 amide bonds. The number of nitrogens with zero attached hydrogens (tertiary/aromatic N) is 1. The third kappa shape index (κ3) is 1.76. The third-order valence-corrected chi connectivity index (χ3v) is 4.52. The molecule has 1 aromatic carbocycles. The molecule has 0 spiro atoms. The smallest absolute Gasteiger partial charge is 0.0512 e. The molecule has 2 heterocycles. The first kappa shape index (κ1) is 11.8. The summed E-state index contributed by atoms with van der Waals surface area (Å²) in [6.07, 6.45) is 2.53. The molecule has 1 aliphatic heterocycles. The Balaban J connectivity index is 2.13. The van der Waals surface area contributed by atoms with E-state index in [1.165, 1.54) is 40.6 Å². The maximum atomic E-state index is 3.45. The lowest BCUT2D eigenvalue weighted by Crippen LogP contribution is -2.27. The monoisotopic (exact) mass is 242 g/mol. The topological polar surface area (TPSA) is 17.0 Å². The summed E-state index contributed by atoms with van der Waals surface area (Å²) in [5.74, 6) is 0.725. The number of rotatable bonds is 1. The molecule has 0 unspecified atom stereocenters. The van der Waals surface area contributed by atoms with Gasteiger partial charge in [0.25, 0.3) is 0 Å². The zero-order valence-corrected chi connectivity index (χ0v) is 11.6. The van der Waals surface area contributed by atoms with E-state index in [0.29, 0.717) is 0 Å². The molecule has 96 valence electrons. The highest BCUT2D eigenvalue weighted by atomic mass is 15.0. The lowest BCUT2D eigenvalue weighted by molar-refractivity contribution is 0.446. The number of hydrogen-bond acceptors (Lipinski definition) is 1. The molecule has 18 heavy (non-hydrogen) atoms. The van der Waals surface area contributed by atoms with Gasteiger partial charge in [-0.05, 0) is 57.0 Å². The van der Waals surface area contributed by atoms with Crippen molar-refractivity contribution in [1.82, 2.24) is 9.88 Å². The van der Waals surface area contributed by atoms with Crippen molar-refractivity contribution in [3.63, 3.8) is 0 Å². The van der Waals surface area contributed by atoms with Crippen LogP contribution in [0.5, 0.6) is 0 Å². The van der Waals surface area contributed by atoms with Crippen LogP contribution in [-0.2, 0) is 7.05 Å². The van der Waals surface area contributed by atoms with Crippen molar-refractivity contribution in [2.75, 3.05) is 13.1 Å². The van der Waals surface area contributed by atoms with Crippen molar-refractivity contribution >= 4 is 10.9 Å². The first-order valence-corrected chi connectivity index (χ1v) is 6.94. The molecule has 1 aliphatic rings. The van der Waals surface area contributed by atoms with Crippen LogP contribution in [0.3, 0.4) is 0 Å². The molecule has 0 bridgehead atoms. The third-order valence-electron chi connectivity index (χ3n) is 4.52. The van der Waals surface area contributed by atoms with Crippen LogP contribution in [0.1, 0.15) is 35.6 Å². The molecular formula is C16H22N2. The van der Waals surface area contributed by atoms with Gasteiger partial charge in [-0.25, -0.2) is 0 Å². The average molecular weight is 242 g/mol. The largest absolute Gasteiger partial charge is 0.347 e. The Kier molecular flexibility index (Phi) is 2.90. The zero-order chi connectivity index (χ0) is 12.7. The number of nitrogens with one attached hydrogen (secondary N) is 1. The first-order chi connectivity index (χ1) is 8.68. The number of hydrogen-bond donors (Lipinski definition) is 1. The highest BCUT2D eigenvalue weighted by molar-refractivity contribution is 5.85. The van der Waals surface area contributed by atoms with E-state index < -0.39 is 0 Å². The number of benzene rings is 1. The molecule has 1 aromatic heterocycles. The Morgan fingerprint density at radius 3 is 2.61 bits per heavy atom. The van der Waals surface area contributed by atoms with E-state index >= 15 is 0 Å². The molecular weight excluding hydrogens is 220 g/mol. The Labute approximate surface area is 109 Å². The average Bonchev–Trinajstić information content (AvgIpc) is 2.73. The summed E-state index contributed by atoms with van der Waals surface area (Å²) < 4.78 is 2.42. The molecule has 2 heteroatoms. The van der Waals surface area contributed by atoms with Crippen molar-refractivity contribution < 1.29 is 0 Å². The van der Waals surface area contributed by atoms with E-state index in [9.17, 15) is 0 Å². The fraction of sp³-hybridized carbons (Fsp3) is 0.500. The van der Waals surface area contributed by atoms with Gasteiger partial charge in [0, 0.05) is 24.0 Å². The van der Waals surface area contributed by atoms with Gasteiger partial charge in [0.15, 0.2) is 0 Å². The molecule has 0 saturated carbocycles.